The molecule has 1 aromatic heterocycles. The molecule has 3 aromatic rings. The van der Waals surface area contributed by atoms with E-state index in [1.165, 1.54) is 4.90 Å². The highest BCUT2D eigenvalue weighted by Crippen LogP contribution is 2.45. The zero-order valence-electron chi connectivity index (χ0n) is 21.3. The van der Waals surface area contributed by atoms with E-state index in [9.17, 15) is 14.4 Å². The van der Waals surface area contributed by atoms with E-state index in [0.717, 1.165) is 54.3 Å². The summed E-state index contributed by atoms with van der Waals surface area (Å²) in [4.78, 5) is 47.4. The van der Waals surface area contributed by atoms with E-state index in [0.29, 0.717) is 24.2 Å². The number of unbranched alkanes of at least 4 members (excludes halogenated alkanes) is 2. The fourth-order valence-electron chi connectivity index (χ4n) is 5.75. The number of hydrogen-bond donors (Lipinski definition) is 2. The van der Waals surface area contributed by atoms with Crippen LogP contribution in [0.2, 0.25) is 0 Å². The van der Waals surface area contributed by atoms with Crippen molar-refractivity contribution < 1.29 is 14.4 Å². The average Bonchev–Trinajstić information content (AvgIpc) is 3.37. The number of anilines is 1. The number of imide groups is 1. The molecule has 0 radical (unpaired) electrons. The van der Waals surface area contributed by atoms with Gasteiger partial charge in [-0.05, 0) is 49.9 Å². The number of H-pyrrole nitrogens is 1. The van der Waals surface area contributed by atoms with Crippen LogP contribution in [0.5, 0.6) is 0 Å². The van der Waals surface area contributed by atoms with Crippen molar-refractivity contribution in [3.05, 3.63) is 65.4 Å². The molecule has 0 aliphatic carbocycles. The predicted molar refractivity (Wildman–Crippen MR) is 141 cm³/mol. The van der Waals surface area contributed by atoms with E-state index in [4.69, 9.17) is 0 Å². The van der Waals surface area contributed by atoms with E-state index in [1.54, 1.807) is 29.2 Å². The van der Waals surface area contributed by atoms with Crippen molar-refractivity contribution in [1.29, 1.82) is 0 Å². The van der Waals surface area contributed by atoms with Gasteiger partial charge in [-0.3, -0.25) is 9.59 Å². The number of para-hydroxylation sites is 2. The lowest BCUT2D eigenvalue weighted by Crippen LogP contribution is -2.49. The summed E-state index contributed by atoms with van der Waals surface area (Å²) in [6, 6.07) is 14.6. The van der Waals surface area contributed by atoms with Gasteiger partial charge in [0.2, 0.25) is 0 Å². The van der Waals surface area contributed by atoms with Gasteiger partial charge in [-0.25, -0.2) is 9.69 Å². The smallest absolute Gasteiger partial charge is 0.332 e. The highest BCUT2D eigenvalue weighted by Gasteiger charge is 2.59. The fourth-order valence-corrected chi connectivity index (χ4v) is 5.75. The van der Waals surface area contributed by atoms with Gasteiger partial charge in [-0.1, -0.05) is 63.4 Å². The quantitative estimate of drug-likeness (QED) is 0.326. The van der Waals surface area contributed by atoms with Gasteiger partial charge in [0.1, 0.15) is 0 Å². The Morgan fingerprint density at radius 2 is 1.83 bits per heavy atom. The third-order valence-corrected chi connectivity index (χ3v) is 7.84. The molecule has 0 unspecified atom stereocenters. The van der Waals surface area contributed by atoms with Gasteiger partial charge in [-0.15, -0.1) is 0 Å². The minimum atomic E-state index is -1.15. The lowest BCUT2D eigenvalue weighted by molar-refractivity contribution is -0.125. The summed E-state index contributed by atoms with van der Waals surface area (Å²) in [5.74, 6) is -0.592. The Morgan fingerprint density at radius 3 is 2.61 bits per heavy atom. The molecule has 3 heterocycles. The molecule has 0 saturated carbocycles. The monoisotopic (exact) mass is 486 g/mol. The molecule has 5 rings (SSSR count). The number of urea groups is 1. The van der Waals surface area contributed by atoms with Crippen LogP contribution in [-0.2, 0) is 16.8 Å². The first-order valence-corrected chi connectivity index (χ1v) is 13.1. The van der Waals surface area contributed by atoms with E-state index >= 15 is 0 Å². The molecule has 1 saturated heterocycles. The van der Waals surface area contributed by atoms with E-state index in [2.05, 4.69) is 24.1 Å². The van der Waals surface area contributed by atoms with Gasteiger partial charge >= 0.3 is 6.03 Å². The van der Waals surface area contributed by atoms with Crippen LogP contribution >= 0.6 is 0 Å². The fraction of sp³-hybridized carbons (Fsp3) is 0.414. The lowest BCUT2D eigenvalue weighted by atomic mass is 9.87. The number of carbonyl (C=O) groups excluding carboxylic acids is 3. The number of nitrogens with one attached hydrogen (secondary N) is 2. The van der Waals surface area contributed by atoms with Gasteiger partial charge in [0, 0.05) is 23.5 Å². The van der Waals surface area contributed by atoms with Gasteiger partial charge < -0.3 is 15.2 Å². The molecule has 188 valence electrons. The van der Waals surface area contributed by atoms with Gasteiger partial charge in [0.15, 0.2) is 5.54 Å². The molecule has 1 fully saturated rings. The van der Waals surface area contributed by atoms with Crippen molar-refractivity contribution in [2.75, 3.05) is 11.4 Å². The van der Waals surface area contributed by atoms with Crippen LogP contribution in [-0.4, -0.2) is 40.3 Å². The standard InChI is InChI=1S/C29H34N4O3/c1-4-6-7-12-19(5-2)30-26(34)22-14-9-11-16-24(22)33-27(35)29(3)25-21(17-18-32(29)28(33)36)20-13-8-10-15-23(20)31-25/h8-11,13-16,19,31H,4-7,12,17-18H2,1-3H3,(H,30,34)/t19-,29-/m0/s1. The van der Waals surface area contributed by atoms with Crippen molar-refractivity contribution in [2.45, 2.75) is 70.9 Å². The Labute approximate surface area is 211 Å². The molecule has 0 bridgehead atoms. The molecule has 36 heavy (non-hydrogen) atoms. The van der Waals surface area contributed by atoms with Gasteiger partial charge in [0.05, 0.1) is 16.9 Å². The number of nitrogens with zero attached hydrogens (tertiary/aromatic N) is 2. The minimum Gasteiger partial charge on any atom is -0.356 e. The number of rotatable bonds is 8. The summed E-state index contributed by atoms with van der Waals surface area (Å²) in [6.45, 7) is 6.47. The van der Waals surface area contributed by atoms with E-state index < -0.39 is 5.54 Å². The number of aromatic nitrogens is 1. The number of aromatic amines is 1. The summed E-state index contributed by atoms with van der Waals surface area (Å²) in [6.07, 6.45) is 5.72. The second-order valence-electron chi connectivity index (χ2n) is 10.0. The Balaban J connectivity index is 1.49. The van der Waals surface area contributed by atoms with Crippen LogP contribution in [0.25, 0.3) is 10.9 Å². The molecule has 7 nitrogen and oxygen atoms in total. The van der Waals surface area contributed by atoms with Crippen LogP contribution in [0.3, 0.4) is 0 Å². The zero-order chi connectivity index (χ0) is 25.4. The van der Waals surface area contributed by atoms with Crippen LogP contribution in [0, 0.1) is 0 Å². The molecule has 2 aliphatic heterocycles. The Hall–Kier alpha value is -3.61. The first kappa shape index (κ1) is 24.1. The van der Waals surface area contributed by atoms with Crippen molar-refractivity contribution in [3.63, 3.8) is 0 Å². The first-order chi connectivity index (χ1) is 17.4. The molecular formula is C29H34N4O3. The highest BCUT2D eigenvalue weighted by atomic mass is 16.2. The normalized spacial score (nSPS) is 20.0. The van der Waals surface area contributed by atoms with Gasteiger partial charge in [0.25, 0.3) is 11.8 Å². The Morgan fingerprint density at radius 1 is 1.08 bits per heavy atom. The maximum absolute atomic E-state index is 14.1. The molecule has 2 N–H and O–H groups in total. The number of carbonyl (C=O) groups is 3. The molecule has 2 aromatic carbocycles. The lowest BCUT2D eigenvalue weighted by Gasteiger charge is -2.35. The molecular weight excluding hydrogens is 452 g/mol. The van der Waals surface area contributed by atoms with Crippen molar-refractivity contribution in [1.82, 2.24) is 15.2 Å². The molecule has 2 atom stereocenters. The van der Waals surface area contributed by atoms with Crippen molar-refractivity contribution in [3.8, 4) is 0 Å². The SMILES string of the molecule is CCCCC[C@H](CC)NC(=O)c1ccccc1N1C(=O)N2CCc3c([nH]c4ccccc34)[C@@]2(C)C1=O. The summed E-state index contributed by atoms with van der Waals surface area (Å²) in [7, 11) is 0. The van der Waals surface area contributed by atoms with E-state index in [1.807, 2.05) is 31.2 Å². The number of fused-ring (bicyclic) bond motifs is 5. The largest absolute Gasteiger partial charge is 0.356 e. The molecule has 4 amide bonds. The number of benzene rings is 2. The predicted octanol–water partition coefficient (Wildman–Crippen LogP) is 5.50. The number of amides is 4. The highest BCUT2D eigenvalue weighted by molar-refractivity contribution is 6.25. The van der Waals surface area contributed by atoms with Crippen molar-refractivity contribution in [2.24, 2.45) is 0 Å². The third kappa shape index (κ3) is 3.69. The van der Waals surface area contributed by atoms with Gasteiger partial charge in [-0.2, -0.15) is 0 Å². The van der Waals surface area contributed by atoms with Crippen LogP contribution < -0.4 is 10.2 Å². The summed E-state index contributed by atoms with van der Waals surface area (Å²) in [5.41, 5.74) is 2.32. The minimum absolute atomic E-state index is 0.0554. The van der Waals surface area contributed by atoms with Crippen molar-refractivity contribution >= 4 is 34.4 Å². The summed E-state index contributed by atoms with van der Waals surface area (Å²) < 4.78 is 0. The summed E-state index contributed by atoms with van der Waals surface area (Å²) in [5, 5.41) is 4.22. The maximum Gasteiger partial charge on any atom is 0.332 e. The average molecular weight is 487 g/mol. The second kappa shape index (κ2) is 9.45. The molecule has 0 spiro atoms. The summed E-state index contributed by atoms with van der Waals surface area (Å²) >= 11 is 0. The Kier molecular flexibility index (Phi) is 6.33. The maximum atomic E-state index is 14.1. The number of hydrogen-bond acceptors (Lipinski definition) is 3. The molecule has 2 aliphatic rings. The Bertz CT molecular complexity index is 1330. The topological polar surface area (TPSA) is 85.5 Å². The first-order valence-electron chi connectivity index (χ1n) is 13.1. The van der Waals surface area contributed by atoms with E-state index in [-0.39, 0.29) is 23.9 Å². The van der Waals surface area contributed by atoms with Crippen LogP contribution in [0.15, 0.2) is 48.5 Å². The zero-order valence-corrected chi connectivity index (χ0v) is 21.3. The van der Waals surface area contributed by atoms with Crippen LogP contribution in [0.4, 0.5) is 10.5 Å². The molecule has 7 heteroatoms. The third-order valence-electron chi connectivity index (χ3n) is 7.84. The second-order valence-corrected chi connectivity index (χ2v) is 10.0. The van der Waals surface area contributed by atoms with Crippen LogP contribution in [0.1, 0.15) is 74.5 Å².